The molecule has 90 valence electrons. The molecule has 0 fully saturated rings. The zero-order chi connectivity index (χ0) is 12.0. The lowest BCUT2D eigenvalue weighted by molar-refractivity contribution is 0.492. The molecular weight excluding hydrogens is 262 g/mol. The van der Waals surface area contributed by atoms with E-state index in [1.165, 1.54) is 34.9 Å². The molecule has 1 atom stereocenters. The van der Waals surface area contributed by atoms with Crippen LogP contribution in [0.3, 0.4) is 0 Å². The van der Waals surface area contributed by atoms with Gasteiger partial charge in [-0.2, -0.15) is 0 Å². The van der Waals surface area contributed by atoms with E-state index < -0.39 is 0 Å². The highest BCUT2D eigenvalue weighted by atomic mass is 79.9. The summed E-state index contributed by atoms with van der Waals surface area (Å²) in [7, 11) is 0. The van der Waals surface area contributed by atoms with Gasteiger partial charge >= 0.3 is 0 Å². The van der Waals surface area contributed by atoms with Crippen molar-refractivity contribution in [3.05, 3.63) is 33.8 Å². The standard InChI is InChI=1S/C14H22BrN/c1-4-6-14(16-9-5-2)13-8-7-12(15)10-11(13)3/h7-8,10,14,16H,4-6,9H2,1-3H3. The lowest BCUT2D eigenvalue weighted by Crippen LogP contribution is -2.22. The van der Waals surface area contributed by atoms with Gasteiger partial charge in [-0.1, -0.05) is 42.3 Å². The molecule has 1 rings (SSSR count). The summed E-state index contributed by atoms with van der Waals surface area (Å²) in [4.78, 5) is 0. The van der Waals surface area contributed by atoms with E-state index in [4.69, 9.17) is 0 Å². The molecule has 0 bridgehead atoms. The fourth-order valence-corrected chi connectivity index (χ4v) is 2.48. The van der Waals surface area contributed by atoms with Gasteiger partial charge in [-0.05, 0) is 49.6 Å². The first-order valence-corrected chi connectivity index (χ1v) is 6.97. The minimum Gasteiger partial charge on any atom is -0.310 e. The molecule has 2 heteroatoms. The van der Waals surface area contributed by atoms with Crippen LogP contribution in [-0.4, -0.2) is 6.54 Å². The number of aryl methyl sites for hydroxylation is 1. The highest BCUT2D eigenvalue weighted by Crippen LogP contribution is 2.24. The summed E-state index contributed by atoms with van der Waals surface area (Å²) in [6, 6.07) is 7.09. The molecule has 1 aromatic carbocycles. The summed E-state index contributed by atoms with van der Waals surface area (Å²) in [5.41, 5.74) is 2.81. The molecule has 1 N–H and O–H groups in total. The van der Waals surface area contributed by atoms with E-state index in [9.17, 15) is 0 Å². The molecule has 1 aromatic rings. The van der Waals surface area contributed by atoms with Crippen LogP contribution in [0.2, 0.25) is 0 Å². The zero-order valence-corrected chi connectivity index (χ0v) is 12.1. The highest BCUT2D eigenvalue weighted by Gasteiger charge is 2.11. The number of benzene rings is 1. The van der Waals surface area contributed by atoms with Gasteiger partial charge in [-0.3, -0.25) is 0 Å². The number of rotatable bonds is 6. The maximum Gasteiger partial charge on any atom is 0.0322 e. The molecule has 0 aliphatic heterocycles. The van der Waals surface area contributed by atoms with Gasteiger partial charge in [0, 0.05) is 10.5 Å². The predicted molar refractivity (Wildman–Crippen MR) is 74.8 cm³/mol. The van der Waals surface area contributed by atoms with Gasteiger partial charge in [0.1, 0.15) is 0 Å². The summed E-state index contributed by atoms with van der Waals surface area (Å²) in [6.07, 6.45) is 3.62. The molecule has 16 heavy (non-hydrogen) atoms. The van der Waals surface area contributed by atoms with E-state index in [2.05, 4.69) is 60.2 Å². The Morgan fingerprint density at radius 3 is 2.56 bits per heavy atom. The van der Waals surface area contributed by atoms with Crippen LogP contribution in [0.15, 0.2) is 22.7 Å². The summed E-state index contributed by atoms with van der Waals surface area (Å²) in [5.74, 6) is 0. The largest absolute Gasteiger partial charge is 0.310 e. The fourth-order valence-electron chi connectivity index (χ4n) is 2.00. The van der Waals surface area contributed by atoms with Crippen LogP contribution in [0.5, 0.6) is 0 Å². The van der Waals surface area contributed by atoms with Crippen molar-refractivity contribution in [1.29, 1.82) is 0 Å². The number of halogens is 1. The second-order valence-corrected chi connectivity index (χ2v) is 5.21. The summed E-state index contributed by atoms with van der Waals surface area (Å²) in [6.45, 7) is 7.75. The molecule has 1 nitrogen and oxygen atoms in total. The molecule has 0 spiro atoms. The molecule has 0 amide bonds. The smallest absolute Gasteiger partial charge is 0.0322 e. The van der Waals surface area contributed by atoms with Crippen molar-refractivity contribution in [2.24, 2.45) is 0 Å². The fraction of sp³-hybridized carbons (Fsp3) is 0.571. The van der Waals surface area contributed by atoms with Crippen LogP contribution in [0.25, 0.3) is 0 Å². The molecule has 0 heterocycles. The minimum atomic E-state index is 0.512. The van der Waals surface area contributed by atoms with Crippen molar-refractivity contribution < 1.29 is 0 Å². The average Bonchev–Trinajstić information content (AvgIpc) is 2.25. The van der Waals surface area contributed by atoms with E-state index in [1.54, 1.807) is 0 Å². The van der Waals surface area contributed by atoms with Gasteiger partial charge in [0.15, 0.2) is 0 Å². The Labute approximate surface area is 108 Å². The van der Waals surface area contributed by atoms with Gasteiger partial charge in [-0.15, -0.1) is 0 Å². The monoisotopic (exact) mass is 283 g/mol. The first-order valence-electron chi connectivity index (χ1n) is 6.18. The van der Waals surface area contributed by atoms with Crippen LogP contribution in [0.1, 0.15) is 50.3 Å². The molecule has 0 aliphatic rings. The summed E-state index contributed by atoms with van der Waals surface area (Å²) >= 11 is 3.52. The average molecular weight is 284 g/mol. The van der Waals surface area contributed by atoms with Crippen LogP contribution < -0.4 is 5.32 Å². The first kappa shape index (κ1) is 13.7. The molecule has 0 saturated heterocycles. The van der Waals surface area contributed by atoms with E-state index in [1.807, 2.05) is 0 Å². The van der Waals surface area contributed by atoms with Gasteiger partial charge in [0.05, 0.1) is 0 Å². The van der Waals surface area contributed by atoms with Crippen LogP contribution >= 0.6 is 15.9 Å². The van der Waals surface area contributed by atoms with Gasteiger partial charge in [-0.25, -0.2) is 0 Å². The summed E-state index contributed by atoms with van der Waals surface area (Å²) in [5, 5.41) is 3.63. The molecule has 0 aromatic heterocycles. The molecule has 1 unspecified atom stereocenters. The molecule has 0 aliphatic carbocycles. The lowest BCUT2D eigenvalue weighted by atomic mass is 9.98. The van der Waals surface area contributed by atoms with Gasteiger partial charge < -0.3 is 5.32 Å². The third kappa shape index (κ3) is 3.91. The highest BCUT2D eigenvalue weighted by molar-refractivity contribution is 9.10. The number of nitrogens with one attached hydrogen (secondary N) is 1. The van der Waals surface area contributed by atoms with Crippen LogP contribution in [0.4, 0.5) is 0 Å². The van der Waals surface area contributed by atoms with Crippen molar-refractivity contribution >= 4 is 15.9 Å². The summed E-state index contributed by atoms with van der Waals surface area (Å²) < 4.78 is 1.17. The Morgan fingerprint density at radius 2 is 2.00 bits per heavy atom. The molecule has 0 radical (unpaired) electrons. The second kappa shape index (κ2) is 7.08. The zero-order valence-electron chi connectivity index (χ0n) is 10.5. The van der Waals surface area contributed by atoms with Crippen LogP contribution in [-0.2, 0) is 0 Å². The lowest BCUT2D eigenvalue weighted by Gasteiger charge is -2.20. The van der Waals surface area contributed by atoms with E-state index in [0.717, 1.165) is 6.54 Å². The topological polar surface area (TPSA) is 12.0 Å². The van der Waals surface area contributed by atoms with Crippen molar-refractivity contribution in [3.63, 3.8) is 0 Å². The quantitative estimate of drug-likeness (QED) is 0.805. The number of hydrogen-bond donors (Lipinski definition) is 1. The maximum atomic E-state index is 3.63. The van der Waals surface area contributed by atoms with E-state index in [-0.39, 0.29) is 0 Å². The molecular formula is C14H22BrN. The maximum absolute atomic E-state index is 3.63. The van der Waals surface area contributed by atoms with Gasteiger partial charge in [0.2, 0.25) is 0 Å². The predicted octanol–water partition coefficient (Wildman–Crippen LogP) is 4.60. The normalized spacial score (nSPS) is 12.8. The second-order valence-electron chi connectivity index (χ2n) is 4.30. The van der Waals surface area contributed by atoms with Crippen molar-refractivity contribution in [1.82, 2.24) is 5.32 Å². The number of hydrogen-bond acceptors (Lipinski definition) is 1. The Balaban J connectivity index is 2.82. The Morgan fingerprint density at radius 1 is 1.25 bits per heavy atom. The first-order chi connectivity index (χ1) is 7.69. The van der Waals surface area contributed by atoms with Crippen molar-refractivity contribution in [2.45, 2.75) is 46.1 Å². The Hall–Kier alpha value is -0.340. The molecule has 0 saturated carbocycles. The Bertz CT molecular complexity index is 323. The van der Waals surface area contributed by atoms with Crippen LogP contribution in [0, 0.1) is 6.92 Å². The van der Waals surface area contributed by atoms with E-state index >= 15 is 0 Å². The van der Waals surface area contributed by atoms with E-state index in [0.29, 0.717) is 6.04 Å². The third-order valence-corrected chi connectivity index (χ3v) is 3.32. The van der Waals surface area contributed by atoms with Gasteiger partial charge in [0.25, 0.3) is 0 Å². The third-order valence-electron chi connectivity index (χ3n) is 2.83. The van der Waals surface area contributed by atoms with Crippen molar-refractivity contribution in [3.8, 4) is 0 Å². The van der Waals surface area contributed by atoms with Crippen molar-refractivity contribution in [2.75, 3.05) is 6.54 Å². The minimum absolute atomic E-state index is 0.512. The SMILES string of the molecule is CCCNC(CCC)c1ccc(Br)cc1C. The Kier molecular flexibility index (Phi) is 6.07.